The Balaban J connectivity index is 1.78. The van der Waals surface area contributed by atoms with Crippen molar-refractivity contribution in [2.24, 2.45) is 0 Å². The van der Waals surface area contributed by atoms with Crippen LogP contribution in [0.1, 0.15) is 27.3 Å². The number of carboxylic acid groups (broad SMARTS) is 1. The fraction of sp³-hybridized carbons (Fsp3) is 0.0833. The molecular weight excluding hydrogens is 497 g/mol. The summed E-state index contributed by atoms with van der Waals surface area (Å²) in [5.41, 5.74) is 2.97. The number of hydrogen-bond donors (Lipinski definition) is 2. The second-order valence-corrected chi connectivity index (χ2v) is 8.80. The second-order valence-electron chi connectivity index (χ2n) is 7.57. The third-order valence-electron chi connectivity index (χ3n) is 5.38. The molecule has 0 aliphatic carbocycles. The van der Waals surface area contributed by atoms with E-state index in [1.165, 1.54) is 23.1 Å². The van der Waals surface area contributed by atoms with E-state index in [-0.39, 0.29) is 21.3 Å². The molecule has 0 saturated carbocycles. The number of nitrogens with one attached hydrogen (secondary N) is 1. The average molecular weight is 514 g/mol. The molecule has 3 aromatic rings. The van der Waals surface area contributed by atoms with Gasteiger partial charge in [0.05, 0.1) is 16.3 Å². The highest BCUT2D eigenvalue weighted by molar-refractivity contribution is 7.80. The third-order valence-corrected chi connectivity index (χ3v) is 6.23. The minimum absolute atomic E-state index is 0.0286. The first-order valence-electron chi connectivity index (χ1n) is 9.97. The molecule has 34 heavy (non-hydrogen) atoms. The zero-order valence-electron chi connectivity index (χ0n) is 17.9. The summed E-state index contributed by atoms with van der Waals surface area (Å²) in [5, 5.41) is 12.5. The minimum Gasteiger partial charge on any atom is -0.478 e. The van der Waals surface area contributed by atoms with Crippen molar-refractivity contribution in [2.75, 3.05) is 4.90 Å². The maximum atomic E-state index is 13.3. The van der Waals surface area contributed by atoms with Gasteiger partial charge in [0.25, 0.3) is 11.8 Å². The molecule has 0 bridgehead atoms. The van der Waals surface area contributed by atoms with E-state index in [4.69, 9.17) is 35.4 Å². The normalized spacial score (nSPS) is 15.1. The molecule has 10 heteroatoms. The van der Waals surface area contributed by atoms with E-state index >= 15 is 0 Å². The quantitative estimate of drug-likeness (QED) is 0.293. The number of amides is 2. The minimum atomic E-state index is -1.14. The average Bonchev–Trinajstić information content (AvgIpc) is 3.04. The monoisotopic (exact) mass is 513 g/mol. The predicted octanol–water partition coefficient (Wildman–Crippen LogP) is 4.93. The molecule has 0 spiro atoms. The molecule has 2 amide bonds. The Kier molecular flexibility index (Phi) is 6.31. The Morgan fingerprint density at radius 2 is 1.79 bits per heavy atom. The third kappa shape index (κ3) is 4.23. The van der Waals surface area contributed by atoms with E-state index in [1.807, 2.05) is 11.5 Å². The summed E-state index contributed by atoms with van der Waals surface area (Å²) in [7, 11) is 0. The lowest BCUT2D eigenvalue weighted by Crippen LogP contribution is -2.54. The molecule has 1 aliphatic heterocycles. The molecule has 0 unspecified atom stereocenters. The molecule has 4 rings (SSSR count). The molecule has 2 heterocycles. The molecule has 7 nitrogen and oxygen atoms in total. The zero-order valence-corrected chi connectivity index (χ0v) is 20.3. The summed E-state index contributed by atoms with van der Waals surface area (Å²) in [5.74, 6) is -2.34. The van der Waals surface area contributed by atoms with Crippen molar-refractivity contribution < 1.29 is 19.5 Å². The first-order chi connectivity index (χ1) is 16.1. The van der Waals surface area contributed by atoms with E-state index in [2.05, 4.69) is 5.32 Å². The lowest BCUT2D eigenvalue weighted by Gasteiger charge is -2.29. The topological polar surface area (TPSA) is 91.6 Å². The summed E-state index contributed by atoms with van der Waals surface area (Å²) in [6.07, 6.45) is 1.49. The molecule has 1 saturated heterocycles. The van der Waals surface area contributed by atoms with Gasteiger partial charge in [-0.25, -0.2) is 4.79 Å². The van der Waals surface area contributed by atoms with Gasteiger partial charge in [-0.15, -0.1) is 0 Å². The van der Waals surface area contributed by atoms with Crippen molar-refractivity contribution in [1.29, 1.82) is 0 Å². The van der Waals surface area contributed by atoms with Gasteiger partial charge in [-0.05, 0) is 80.2 Å². The van der Waals surface area contributed by atoms with Gasteiger partial charge in [-0.1, -0.05) is 29.3 Å². The fourth-order valence-corrected chi connectivity index (χ4v) is 4.47. The molecule has 172 valence electrons. The van der Waals surface area contributed by atoms with Crippen molar-refractivity contribution in [3.63, 3.8) is 0 Å². The van der Waals surface area contributed by atoms with Crippen LogP contribution in [0.2, 0.25) is 10.0 Å². The van der Waals surface area contributed by atoms with Gasteiger partial charge < -0.3 is 9.67 Å². The molecule has 1 aromatic heterocycles. The van der Waals surface area contributed by atoms with Gasteiger partial charge in [0, 0.05) is 22.1 Å². The van der Waals surface area contributed by atoms with Crippen LogP contribution >= 0.6 is 35.4 Å². The van der Waals surface area contributed by atoms with Crippen LogP contribution in [0.15, 0.2) is 54.1 Å². The van der Waals surface area contributed by atoms with Crippen LogP contribution in [-0.2, 0) is 9.59 Å². The lowest BCUT2D eigenvalue weighted by atomic mass is 10.1. The standard InChI is InChI=1S/C24H17Cl2N3O4S/c1-12-8-14(13(2)28(12)17-6-7-20(26)18(11-17)23(32)33)9-19-21(30)27-24(34)29(22(19)31)16-5-3-4-15(25)10-16/h3-11H,1-2H3,(H,32,33)(H,27,30,34)/b19-9+. The summed E-state index contributed by atoms with van der Waals surface area (Å²) in [4.78, 5) is 38.7. The largest absolute Gasteiger partial charge is 0.478 e. The molecule has 1 fully saturated rings. The van der Waals surface area contributed by atoms with Crippen molar-refractivity contribution >= 4 is 70.1 Å². The number of carboxylic acids is 1. The number of thiocarbonyl (C=S) groups is 1. The number of nitrogens with zero attached hydrogens (tertiary/aromatic N) is 2. The van der Waals surface area contributed by atoms with Crippen molar-refractivity contribution in [3.8, 4) is 5.69 Å². The highest BCUT2D eigenvalue weighted by Gasteiger charge is 2.34. The molecule has 0 radical (unpaired) electrons. The van der Waals surface area contributed by atoms with Gasteiger partial charge in [-0.3, -0.25) is 19.8 Å². The van der Waals surface area contributed by atoms with Crippen LogP contribution in [0.25, 0.3) is 11.8 Å². The van der Waals surface area contributed by atoms with Crippen molar-refractivity contribution in [1.82, 2.24) is 9.88 Å². The molecule has 2 N–H and O–H groups in total. The van der Waals surface area contributed by atoms with Gasteiger partial charge >= 0.3 is 5.97 Å². The number of carbonyl (C=O) groups is 3. The van der Waals surface area contributed by atoms with E-state index in [1.54, 1.807) is 43.3 Å². The fourth-order valence-electron chi connectivity index (χ4n) is 3.81. The molecule has 1 aliphatic rings. The number of aryl methyl sites for hydroxylation is 1. The van der Waals surface area contributed by atoms with E-state index < -0.39 is 17.8 Å². The van der Waals surface area contributed by atoms with Gasteiger partial charge in [0.1, 0.15) is 5.57 Å². The number of hydrogen-bond acceptors (Lipinski definition) is 4. The highest BCUT2D eigenvalue weighted by atomic mass is 35.5. The van der Waals surface area contributed by atoms with E-state index in [9.17, 15) is 19.5 Å². The first kappa shape index (κ1) is 23.7. The maximum absolute atomic E-state index is 13.3. The smallest absolute Gasteiger partial charge is 0.337 e. The Morgan fingerprint density at radius 3 is 2.47 bits per heavy atom. The van der Waals surface area contributed by atoms with E-state index in [0.29, 0.717) is 27.7 Å². The van der Waals surface area contributed by atoms with Gasteiger partial charge in [0.2, 0.25) is 0 Å². The highest BCUT2D eigenvalue weighted by Crippen LogP contribution is 2.28. The maximum Gasteiger partial charge on any atom is 0.337 e. The zero-order chi connectivity index (χ0) is 24.7. The number of anilines is 1. The van der Waals surface area contributed by atoms with Crippen molar-refractivity contribution in [2.45, 2.75) is 13.8 Å². The number of aromatic nitrogens is 1. The second kappa shape index (κ2) is 9.06. The van der Waals surface area contributed by atoms with E-state index in [0.717, 1.165) is 5.69 Å². The Hall–Kier alpha value is -3.46. The van der Waals surface area contributed by atoms with Gasteiger partial charge in [-0.2, -0.15) is 0 Å². The summed E-state index contributed by atoms with van der Waals surface area (Å²) in [6.45, 7) is 3.64. The summed E-state index contributed by atoms with van der Waals surface area (Å²) >= 11 is 17.3. The number of benzene rings is 2. The molecule has 0 atom stereocenters. The molecular formula is C24H17Cl2N3O4S. The van der Waals surface area contributed by atoms with Crippen LogP contribution in [0, 0.1) is 13.8 Å². The summed E-state index contributed by atoms with van der Waals surface area (Å²) < 4.78 is 1.82. The SMILES string of the molecule is Cc1cc(/C=C2\C(=O)NC(=S)N(c3cccc(Cl)c3)C2=O)c(C)n1-c1ccc(Cl)c(C(=O)O)c1. The summed E-state index contributed by atoms with van der Waals surface area (Å²) in [6, 6.07) is 13.1. The number of carbonyl (C=O) groups excluding carboxylic acids is 2. The Labute approximate surface area is 210 Å². The Morgan fingerprint density at radius 1 is 1.06 bits per heavy atom. The van der Waals surface area contributed by atoms with Gasteiger partial charge in [0.15, 0.2) is 5.11 Å². The molecule has 2 aromatic carbocycles. The number of halogens is 2. The van der Waals surface area contributed by atoms with Crippen LogP contribution in [-0.4, -0.2) is 32.6 Å². The van der Waals surface area contributed by atoms with Crippen LogP contribution in [0.3, 0.4) is 0 Å². The number of rotatable bonds is 4. The van der Waals surface area contributed by atoms with Crippen LogP contribution in [0.5, 0.6) is 0 Å². The lowest BCUT2D eigenvalue weighted by molar-refractivity contribution is -0.122. The van der Waals surface area contributed by atoms with Crippen molar-refractivity contribution in [3.05, 3.63) is 86.7 Å². The van der Waals surface area contributed by atoms with Crippen LogP contribution in [0.4, 0.5) is 5.69 Å². The predicted molar refractivity (Wildman–Crippen MR) is 135 cm³/mol. The van der Waals surface area contributed by atoms with Crippen LogP contribution < -0.4 is 10.2 Å². The Bertz CT molecular complexity index is 1430. The number of aromatic carboxylic acids is 1. The first-order valence-corrected chi connectivity index (χ1v) is 11.1.